The highest BCUT2D eigenvalue weighted by Crippen LogP contribution is 2.32. The number of rotatable bonds is 5. The quantitative estimate of drug-likeness (QED) is 0.839. The van der Waals surface area contributed by atoms with Crippen LogP contribution in [0.5, 0.6) is 11.5 Å². The van der Waals surface area contributed by atoms with Crippen LogP contribution in [-0.2, 0) is 4.79 Å². The van der Waals surface area contributed by atoms with E-state index in [1.165, 1.54) is 0 Å². The Balaban J connectivity index is 2.19. The summed E-state index contributed by atoms with van der Waals surface area (Å²) in [5.41, 5.74) is 6.26. The molecule has 1 aromatic rings. The van der Waals surface area contributed by atoms with Crippen LogP contribution in [0.2, 0.25) is 0 Å². The lowest BCUT2D eigenvalue weighted by atomic mass is 10.0. The van der Waals surface area contributed by atoms with Gasteiger partial charge in [-0.3, -0.25) is 4.79 Å². The molecule has 1 aliphatic rings. The molecule has 5 heteroatoms. The number of nitrogens with two attached hydrogens (primary N) is 1. The minimum atomic E-state index is -0.502. The molecule has 104 valence electrons. The molecule has 2 rings (SSSR count). The van der Waals surface area contributed by atoms with Crippen LogP contribution in [0.25, 0.3) is 0 Å². The second-order valence-corrected chi connectivity index (χ2v) is 5.04. The molecule has 0 bridgehead atoms. The average Bonchev–Trinajstić information content (AvgIpc) is 2.38. The van der Waals surface area contributed by atoms with E-state index in [0.29, 0.717) is 30.6 Å². The van der Waals surface area contributed by atoms with Crippen LogP contribution in [0.3, 0.4) is 0 Å². The number of ether oxygens (including phenoxy) is 2. The molecule has 5 nitrogen and oxygen atoms in total. The van der Waals surface area contributed by atoms with Gasteiger partial charge in [-0.15, -0.1) is 0 Å². The molecule has 0 saturated carbocycles. The summed E-state index contributed by atoms with van der Waals surface area (Å²) in [6.07, 6.45) is 0. The van der Waals surface area contributed by atoms with Crippen molar-refractivity contribution in [1.29, 1.82) is 0 Å². The molecule has 0 radical (unpaired) electrons. The van der Waals surface area contributed by atoms with Gasteiger partial charge in [0.2, 0.25) is 5.91 Å². The van der Waals surface area contributed by atoms with Crippen molar-refractivity contribution < 1.29 is 14.3 Å². The molecule has 3 N–H and O–H groups in total. The summed E-state index contributed by atoms with van der Waals surface area (Å²) >= 11 is 0. The fourth-order valence-corrected chi connectivity index (χ4v) is 1.98. The van der Waals surface area contributed by atoms with Gasteiger partial charge in [-0.05, 0) is 30.2 Å². The van der Waals surface area contributed by atoms with Gasteiger partial charge in [0.1, 0.15) is 19.3 Å². The fraction of sp³-hybridized carbons (Fsp3) is 0.500. The number of hydrogen-bond donors (Lipinski definition) is 2. The predicted octanol–water partition coefficient (Wildman–Crippen LogP) is 1.23. The van der Waals surface area contributed by atoms with Gasteiger partial charge >= 0.3 is 0 Å². The van der Waals surface area contributed by atoms with Crippen molar-refractivity contribution >= 4 is 5.91 Å². The van der Waals surface area contributed by atoms with Crippen molar-refractivity contribution in [2.24, 2.45) is 11.7 Å². The lowest BCUT2D eigenvalue weighted by molar-refractivity contribution is -0.120. The van der Waals surface area contributed by atoms with Gasteiger partial charge in [0.05, 0.1) is 0 Å². The lowest BCUT2D eigenvalue weighted by Gasteiger charge is -2.22. The molecule has 0 aromatic heterocycles. The maximum atomic E-state index is 11.6. The van der Waals surface area contributed by atoms with E-state index in [1.54, 1.807) is 0 Å². The van der Waals surface area contributed by atoms with E-state index < -0.39 is 11.9 Å². The standard InChI is InChI=1S/C14H20N2O3/c1-9(2)8-16-13(14(15)17)10-3-4-11-12(7-10)19-6-5-18-11/h3-4,7,9,13,16H,5-6,8H2,1-2H3,(H2,15,17). The molecule has 0 saturated heterocycles. The van der Waals surface area contributed by atoms with Gasteiger partial charge in [-0.25, -0.2) is 0 Å². The maximum Gasteiger partial charge on any atom is 0.239 e. The third kappa shape index (κ3) is 3.38. The van der Waals surface area contributed by atoms with Gasteiger partial charge < -0.3 is 20.5 Å². The third-order valence-electron chi connectivity index (χ3n) is 2.91. The molecule has 1 atom stereocenters. The Morgan fingerprint density at radius 1 is 1.32 bits per heavy atom. The first-order valence-electron chi connectivity index (χ1n) is 6.50. The first kappa shape index (κ1) is 13.7. The largest absolute Gasteiger partial charge is 0.486 e. The normalized spacial score (nSPS) is 15.3. The van der Waals surface area contributed by atoms with Gasteiger partial charge in [0.15, 0.2) is 11.5 Å². The topological polar surface area (TPSA) is 73.6 Å². The van der Waals surface area contributed by atoms with Crippen LogP contribution in [0.15, 0.2) is 18.2 Å². The van der Waals surface area contributed by atoms with Crippen molar-refractivity contribution in [2.45, 2.75) is 19.9 Å². The summed E-state index contributed by atoms with van der Waals surface area (Å²) in [4.78, 5) is 11.6. The minimum absolute atomic E-state index is 0.391. The Labute approximate surface area is 113 Å². The number of hydrogen-bond acceptors (Lipinski definition) is 4. The van der Waals surface area contributed by atoms with Crippen molar-refractivity contribution in [3.05, 3.63) is 23.8 Å². The molecule has 1 unspecified atom stereocenters. The second kappa shape index (κ2) is 5.93. The number of fused-ring (bicyclic) bond motifs is 1. The number of amides is 1. The number of benzene rings is 1. The molecular formula is C14H20N2O3. The first-order valence-corrected chi connectivity index (χ1v) is 6.50. The number of carbonyl (C=O) groups is 1. The van der Waals surface area contributed by atoms with Crippen molar-refractivity contribution in [3.8, 4) is 11.5 Å². The summed E-state index contributed by atoms with van der Waals surface area (Å²) in [6.45, 7) is 5.96. The van der Waals surface area contributed by atoms with Crippen LogP contribution in [0.4, 0.5) is 0 Å². The SMILES string of the molecule is CC(C)CNC(C(N)=O)c1ccc2c(c1)OCCO2. The van der Waals surface area contributed by atoms with Crippen molar-refractivity contribution in [2.75, 3.05) is 19.8 Å². The number of nitrogens with one attached hydrogen (secondary N) is 1. The van der Waals surface area contributed by atoms with E-state index in [9.17, 15) is 4.79 Å². The smallest absolute Gasteiger partial charge is 0.239 e. The Hall–Kier alpha value is -1.75. The molecule has 0 spiro atoms. The molecular weight excluding hydrogens is 244 g/mol. The van der Waals surface area contributed by atoms with E-state index in [4.69, 9.17) is 15.2 Å². The van der Waals surface area contributed by atoms with Gasteiger partial charge in [0.25, 0.3) is 0 Å². The van der Waals surface area contributed by atoms with E-state index in [1.807, 2.05) is 18.2 Å². The number of primary amides is 1. The molecule has 19 heavy (non-hydrogen) atoms. The highest BCUT2D eigenvalue weighted by atomic mass is 16.6. The summed E-state index contributed by atoms with van der Waals surface area (Å²) in [6, 6.07) is 4.97. The molecule has 0 aliphatic carbocycles. The Bertz CT molecular complexity index is 460. The van der Waals surface area contributed by atoms with Gasteiger partial charge in [-0.1, -0.05) is 19.9 Å². The van der Waals surface area contributed by atoms with Gasteiger partial charge in [0, 0.05) is 0 Å². The summed E-state index contributed by atoms with van der Waals surface area (Å²) in [5.74, 6) is 1.43. The summed E-state index contributed by atoms with van der Waals surface area (Å²) in [5, 5.41) is 3.17. The fourth-order valence-electron chi connectivity index (χ4n) is 1.98. The Morgan fingerprint density at radius 2 is 2.00 bits per heavy atom. The highest BCUT2D eigenvalue weighted by molar-refractivity contribution is 5.81. The Kier molecular flexibility index (Phi) is 4.27. The zero-order valence-corrected chi connectivity index (χ0v) is 11.3. The van der Waals surface area contributed by atoms with E-state index in [0.717, 1.165) is 12.1 Å². The molecule has 1 amide bonds. The van der Waals surface area contributed by atoms with Crippen LogP contribution in [-0.4, -0.2) is 25.7 Å². The van der Waals surface area contributed by atoms with Crippen LogP contribution in [0, 0.1) is 5.92 Å². The molecule has 0 fully saturated rings. The average molecular weight is 264 g/mol. The maximum absolute atomic E-state index is 11.6. The van der Waals surface area contributed by atoms with E-state index >= 15 is 0 Å². The second-order valence-electron chi connectivity index (χ2n) is 5.04. The minimum Gasteiger partial charge on any atom is -0.486 e. The van der Waals surface area contributed by atoms with Crippen molar-refractivity contribution in [3.63, 3.8) is 0 Å². The number of carbonyl (C=O) groups excluding carboxylic acids is 1. The van der Waals surface area contributed by atoms with E-state index in [2.05, 4.69) is 19.2 Å². The molecule has 1 heterocycles. The zero-order chi connectivity index (χ0) is 13.8. The van der Waals surface area contributed by atoms with E-state index in [-0.39, 0.29) is 0 Å². The monoisotopic (exact) mass is 264 g/mol. The van der Waals surface area contributed by atoms with Crippen LogP contribution >= 0.6 is 0 Å². The molecule has 1 aliphatic heterocycles. The summed E-state index contributed by atoms with van der Waals surface area (Å²) < 4.78 is 11.0. The zero-order valence-electron chi connectivity index (χ0n) is 11.3. The highest BCUT2D eigenvalue weighted by Gasteiger charge is 2.20. The first-order chi connectivity index (χ1) is 9.08. The predicted molar refractivity (Wildman–Crippen MR) is 72.2 cm³/mol. The lowest BCUT2D eigenvalue weighted by Crippen LogP contribution is -2.35. The van der Waals surface area contributed by atoms with Crippen LogP contribution in [0.1, 0.15) is 25.5 Å². The Morgan fingerprint density at radius 3 is 2.63 bits per heavy atom. The van der Waals surface area contributed by atoms with Crippen LogP contribution < -0.4 is 20.5 Å². The molecule has 1 aromatic carbocycles. The third-order valence-corrected chi connectivity index (χ3v) is 2.91. The summed E-state index contributed by atoms with van der Waals surface area (Å²) in [7, 11) is 0. The van der Waals surface area contributed by atoms with Gasteiger partial charge in [-0.2, -0.15) is 0 Å². The van der Waals surface area contributed by atoms with Crippen molar-refractivity contribution in [1.82, 2.24) is 5.32 Å².